The molecule has 0 aliphatic heterocycles. The first kappa shape index (κ1) is 12.0. The fraction of sp³-hybridized carbons (Fsp3) is 0.154. The molecule has 5 nitrogen and oxygen atoms in total. The van der Waals surface area contributed by atoms with Gasteiger partial charge in [0.1, 0.15) is 5.75 Å². The van der Waals surface area contributed by atoms with Crippen LogP contribution in [-0.2, 0) is 0 Å². The Morgan fingerprint density at radius 1 is 1.26 bits per heavy atom. The van der Waals surface area contributed by atoms with Crippen molar-refractivity contribution in [3.63, 3.8) is 0 Å². The Kier molecular flexibility index (Phi) is 3.08. The maximum absolute atomic E-state index is 5.33. The summed E-state index contributed by atoms with van der Waals surface area (Å²) >= 11 is 1.51. The average Bonchev–Trinajstić information content (AvgIpc) is 2.91. The Hall–Kier alpha value is -2.08. The van der Waals surface area contributed by atoms with Crippen molar-refractivity contribution in [3.05, 3.63) is 36.7 Å². The Labute approximate surface area is 114 Å². The number of thioether (sulfide) groups is 1. The van der Waals surface area contributed by atoms with Crippen LogP contribution in [0, 0.1) is 0 Å². The smallest absolute Gasteiger partial charge is 0.189 e. The fourth-order valence-electron chi connectivity index (χ4n) is 1.93. The highest BCUT2D eigenvalue weighted by Gasteiger charge is 2.10. The lowest BCUT2D eigenvalue weighted by atomic mass is 10.2. The van der Waals surface area contributed by atoms with E-state index in [2.05, 4.69) is 15.1 Å². The molecule has 0 radical (unpaired) electrons. The number of ether oxygens (including phenoxy) is 1. The molecule has 1 aromatic carbocycles. The molecule has 0 saturated heterocycles. The number of nitrogens with zero attached hydrogens (tertiary/aromatic N) is 4. The van der Waals surface area contributed by atoms with Gasteiger partial charge in [0.25, 0.3) is 0 Å². The van der Waals surface area contributed by atoms with Crippen LogP contribution in [0.5, 0.6) is 5.75 Å². The zero-order valence-corrected chi connectivity index (χ0v) is 11.4. The number of fused-ring (bicyclic) bond motifs is 1. The van der Waals surface area contributed by atoms with Crippen LogP contribution in [0.25, 0.3) is 16.7 Å². The van der Waals surface area contributed by atoms with E-state index >= 15 is 0 Å². The molecule has 0 atom stereocenters. The van der Waals surface area contributed by atoms with Crippen LogP contribution < -0.4 is 4.74 Å². The molecule has 0 bridgehead atoms. The third kappa shape index (κ3) is 2.04. The average molecular weight is 272 g/mol. The zero-order chi connectivity index (χ0) is 13.2. The zero-order valence-electron chi connectivity index (χ0n) is 10.6. The molecule has 0 saturated carbocycles. The van der Waals surface area contributed by atoms with Gasteiger partial charge in [-0.25, -0.2) is 14.6 Å². The van der Waals surface area contributed by atoms with Gasteiger partial charge in [0.15, 0.2) is 11.0 Å². The van der Waals surface area contributed by atoms with Crippen LogP contribution >= 0.6 is 11.8 Å². The number of hydrogen-bond donors (Lipinski definition) is 0. The minimum atomic E-state index is 0.726. The summed E-state index contributed by atoms with van der Waals surface area (Å²) in [6, 6.07) is 7.69. The molecule has 96 valence electrons. The molecule has 0 unspecified atom stereocenters. The van der Waals surface area contributed by atoms with Gasteiger partial charge in [-0.1, -0.05) is 17.8 Å². The summed E-state index contributed by atoms with van der Waals surface area (Å²) in [5, 5.41) is 6.08. The fourth-order valence-corrected chi connectivity index (χ4v) is 2.28. The molecule has 6 heteroatoms. The van der Waals surface area contributed by atoms with E-state index in [1.807, 2.05) is 30.5 Å². The van der Waals surface area contributed by atoms with E-state index in [1.165, 1.54) is 11.8 Å². The van der Waals surface area contributed by atoms with E-state index in [0.29, 0.717) is 0 Å². The van der Waals surface area contributed by atoms with Crippen LogP contribution in [0.1, 0.15) is 0 Å². The summed E-state index contributed by atoms with van der Waals surface area (Å²) in [5.41, 5.74) is 0.963. The van der Waals surface area contributed by atoms with Crippen LogP contribution in [0.3, 0.4) is 0 Å². The van der Waals surface area contributed by atoms with Gasteiger partial charge in [-0.2, -0.15) is 5.10 Å². The summed E-state index contributed by atoms with van der Waals surface area (Å²) in [6.07, 6.45) is 5.47. The van der Waals surface area contributed by atoms with Gasteiger partial charge in [0.2, 0.25) is 0 Å². The van der Waals surface area contributed by atoms with E-state index in [-0.39, 0.29) is 0 Å². The van der Waals surface area contributed by atoms with Crippen LogP contribution in [0.15, 0.2) is 41.8 Å². The highest BCUT2D eigenvalue weighted by Crippen LogP contribution is 2.26. The van der Waals surface area contributed by atoms with Crippen molar-refractivity contribution in [3.8, 4) is 11.6 Å². The van der Waals surface area contributed by atoms with E-state index in [4.69, 9.17) is 4.74 Å². The number of hydrogen-bond acceptors (Lipinski definition) is 5. The molecule has 0 N–H and O–H groups in total. The van der Waals surface area contributed by atoms with E-state index < -0.39 is 0 Å². The normalized spacial score (nSPS) is 10.8. The van der Waals surface area contributed by atoms with Crippen molar-refractivity contribution < 1.29 is 4.74 Å². The molecule has 2 aromatic heterocycles. The van der Waals surface area contributed by atoms with Crippen molar-refractivity contribution >= 4 is 22.7 Å². The van der Waals surface area contributed by atoms with Crippen LogP contribution in [0.2, 0.25) is 0 Å². The Morgan fingerprint density at radius 2 is 2.16 bits per heavy atom. The summed E-state index contributed by atoms with van der Waals surface area (Å²) in [6.45, 7) is 0. The number of rotatable bonds is 3. The first-order valence-corrected chi connectivity index (χ1v) is 6.94. The highest BCUT2D eigenvalue weighted by molar-refractivity contribution is 7.98. The number of aromatic nitrogens is 4. The molecule has 2 heterocycles. The molecule has 3 rings (SSSR count). The second-order valence-corrected chi connectivity index (χ2v) is 4.62. The van der Waals surface area contributed by atoms with Gasteiger partial charge in [-0.15, -0.1) is 0 Å². The minimum Gasteiger partial charge on any atom is -0.496 e. The van der Waals surface area contributed by atoms with Crippen LogP contribution in [0.4, 0.5) is 0 Å². The molecule has 0 amide bonds. The van der Waals surface area contributed by atoms with Crippen molar-refractivity contribution in [1.29, 1.82) is 0 Å². The molecule has 19 heavy (non-hydrogen) atoms. The van der Waals surface area contributed by atoms with Crippen LogP contribution in [-0.4, -0.2) is 33.1 Å². The summed E-state index contributed by atoms with van der Waals surface area (Å²) in [5.74, 6) is 1.56. The molecule has 0 fully saturated rings. The third-order valence-electron chi connectivity index (χ3n) is 2.81. The molecule has 0 spiro atoms. The SMILES string of the molecule is COc1cccc2c1cnn2-c1ccnc(SC)n1. The molecular formula is C13H12N4OS. The first-order valence-electron chi connectivity index (χ1n) is 5.71. The topological polar surface area (TPSA) is 52.8 Å². The molecule has 3 aromatic rings. The largest absolute Gasteiger partial charge is 0.496 e. The van der Waals surface area contributed by atoms with E-state index in [0.717, 1.165) is 27.6 Å². The van der Waals surface area contributed by atoms with Gasteiger partial charge in [0, 0.05) is 12.3 Å². The summed E-state index contributed by atoms with van der Waals surface area (Å²) < 4.78 is 7.12. The van der Waals surface area contributed by atoms with Gasteiger partial charge in [-0.3, -0.25) is 0 Å². The summed E-state index contributed by atoms with van der Waals surface area (Å²) in [7, 11) is 1.66. The number of methoxy groups -OCH3 is 1. The van der Waals surface area contributed by atoms with Gasteiger partial charge >= 0.3 is 0 Å². The summed E-state index contributed by atoms with van der Waals surface area (Å²) in [4.78, 5) is 8.62. The maximum atomic E-state index is 5.33. The van der Waals surface area contributed by atoms with E-state index in [9.17, 15) is 0 Å². The Bertz CT molecular complexity index is 725. The monoisotopic (exact) mass is 272 g/mol. The van der Waals surface area contributed by atoms with Crippen molar-refractivity contribution in [1.82, 2.24) is 19.7 Å². The van der Waals surface area contributed by atoms with Gasteiger partial charge in [0.05, 0.1) is 24.2 Å². The van der Waals surface area contributed by atoms with Crippen molar-refractivity contribution in [2.75, 3.05) is 13.4 Å². The maximum Gasteiger partial charge on any atom is 0.189 e. The first-order chi connectivity index (χ1) is 9.33. The predicted octanol–water partition coefficient (Wildman–Crippen LogP) is 2.55. The predicted molar refractivity (Wildman–Crippen MR) is 75.0 cm³/mol. The molecule has 0 aliphatic carbocycles. The highest BCUT2D eigenvalue weighted by atomic mass is 32.2. The van der Waals surface area contributed by atoms with Gasteiger partial charge < -0.3 is 4.74 Å². The second-order valence-electron chi connectivity index (χ2n) is 3.85. The van der Waals surface area contributed by atoms with Gasteiger partial charge in [-0.05, 0) is 18.4 Å². The lowest BCUT2D eigenvalue weighted by molar-refractivity contribution is 0.420. The van der Waals surface area contributed by atoms with Crippen molar-refractivity contribution in [2.45, 2.75) is 5.16 Å². The molecular weight excluding hydrogens is 260 g/mol. The minimum absolute atomic E-state index is 0.726. The third-order valence-corrected chi connectivity index (χ3v) is 3.37. The number of benzene rings is 1. The lowest BCUT2D eigenvalue weighted by Crippen LogP contribution is -2.00. The lowest BCUT2D eigenvalue weighted by Gasteiger charge is -2.04. The second kappa shape index (κ2) is 4.89. The quantitative estimate of drug-likeness (QED) is 0.542. The Balaban J connectivity index is 2.20. The molecule has 0 aliphatic rings. The van der Waals surface area contributed by atoms with Crippen molar-refractivity contribution in [2.24, 2.45) is 0 Å². The van der Waals surface area contributed by atoms with E-state index in [1.54, 1.807) is 24.2 Å². The Morgan fingerprint density at radius 3 is 2.95 bits per heavy atom. The standard InChI is InChI=1S/C13H12N4OS/c1-18-11-5-3-4-10-9(11)8-15-17(10)12-6-7-14-13(16-12)19-2/h3-8H,1-2H3.